The fourth-order valence-corrected chi connectivity index (χ4v) is 5.81. The molecule has 2 aliphatic rings. The Morgan fingerprint density at radius 1 is 1.22 bits per heavy atom. The summed E-state index contributed by atoms with van der Waals surface area (Å²) in [5, 5.41) is 5.32. The Bertz CT molecular complexity index is 1210. The molecule has 0 bridgehead atoms. The molecule has 1 fully saturated rings. The molecule has 2 aromatic carbocycles. The quantitative estimate of drug-likeness (QED) is 0.729. The molecule has 2 aliphatic heterocycles. The zero-order valence-electron chi connectivity index (χ0n) is 17.9. The molecular formula is C22H24FN3O5S. The Hall–Kier alpha value is -2.98. The molecule has 170 valence electrons. The van der Waals surface area contributed by atoms with Gasteiger partial charge in [0.1, 0.15) is 17.6 Å². The Morgan fingerprint density at radius 3 is 2.69 bits per heavy atom. The van der Waals surface area contributed by atoms with Crippen molar-refractivity contribution in [3.8, 4) is 5.75 Å². The molecule has 4 rings (SSSR count). The molecule has 32 heavy (non-hydrogen) atoms. The molecule has 2 heterocycles. The number of halogens is 1. The van der Waals surface area contributed by atoms with Gasteiger partial charge in [-0.15, -0.1) is 0 Å². The van der Waals surface area contributed by atoms with E-state index in [2.05, 4.69) is 10.6 Å². The monoisotopic (exact) mass is 461 g/mol. The lowest BCUT2D eigenvalue weighted by Gasteiger charge is -2.27. The maximum atomic E-state index is 13.8. The third-order valence-corrected chi connectivity index (χ3v) is 7.79. The van der Waals surface area contributed by atoms with Crippen LogP contribution in [0.5, 0.6) is 5.75 Å². The highest BCUT2D eigenvalue weighted by Crippen LogP contribution is 2.37. The van der Waals surface area contributed by atoms with Crippen molar-refractivity contribution in [2.24, 2.45) is 0 Å². The molecule has 2 aromatic rings. The average molecular weight is 462 g/mol. The fourth-order valence-electron chi connectivity index (χ4n) is 3.93. The molecule has 10 heteroatoms. The van der Waals surface area contributed by atoms with Crippen LogP contribution < -0.4 is 15.4 Å². The minimum Gasteiger partial charge on any atom is -0.479 e. The highest BCUT2D eigenvalue weighted by atomic mass is 32.2. The van der Waals surface area contributed by atoms with Gasteiger partial charge >= 0.3 is 0 Å². The van der Waals surface area contributed by atoms with E-state index in [9.17, 15) is 22.4 Å². The first-order chi connectivity index (χ1) is 15.1. The van der Waals surface area contributed by atoms with Crippen LogP contribution >= 0.6 is 0 Å². The number of hydrogen-bond acceptors (Lipinski definition) is 5. The van der Waals surface area contributed by atoms with Crippen LogP contribution in [0, 0.1) is 19.7 Å². The normalized spacial score (nSPS) is 20.9. The predicted octanol–water partition coefficient (Wildman–Crippen LogP) is 2.95. The summed E-state index contributed by atoms with van der Waals surface area (Å²) in [4.78, 5) is 24.7. The van der Waals surface area contributed by atoms with Crippen LogP contribution in [0.4, 0.5) is 15.8 Å². The van der Waals surface area contributed by atoms with E-state index in [1.807, 2.05) is 0 Å². The summed E-state index contributed by atoms with van der Waals surface area (Å²) in [5.41, 5.74) is 1.55. The average Bonchev–Trinajstić information content (AvgIpc) is 3.22. The Balaban J connectivity index is 1.62. The minimum absolute atomic E-state index is 0.0145. The number of nitrogens with zero attached hydrogens (tertiary/aromatic N) is 1. The second-order valence-corrected chi connectivity index (χ2v) is 9.95. The topological polar surface area (TPSA) is 105 Å². The number of carbonyl (C=O) groups is 2. The van der Waals surface area contributed by atoms with Crippen LogP contribution in [0.2, 0.25) is 0 Å². The van der Waals surface area contributed by atoms with E-state index in [0.717, 1.165) is 0 Å². The third kappa shape index (κ3) is 3.95. The molecule has 0 spiro atoms. The van der Waals surface area contributed by atoms with Gasteiger partial charge in [0.25, 0.3) is 5.91 Å². The van der Waals surface area contributed by atoms with E-state index in [1.165, 1.54) is 16.4 Å². The third-order valence-electron chi connectivity index (χ3n) is 5.74. The van der Waals surface area contributed by atoms with Crippen molar-refractivity contribution in [2.75, 3.05) is 17.2 Å². The van der Waals surface area contributed by atoms with Crippen LogP contribution in [-0.4, -0.2) is 43.2 Å². The summed E-state index contributed by atoms with van der Waals surface area (Å²) < 4.78 is 47.6. The van der Waals surface area contributed by atoms with E-state index in [0.29, 0.717) is 29.7 Å². The van der Waals surface area contributed by atoms with Crippen molar-refractivity contribution in [3.05, 3.63) is 47.3 Å². The fraction of sp³-hybridized carbons (Fsp3) is 0.364. The molecule has 2 amide bonds. The second-order valence-electron chi connectivity index (χ2n) is 8.09. The van der Waals surface area contributed by atoms with Crippen LogP contribution in [0.25, 0.3) is 0 Å². The first kappa shape index (κ1) is 22.2. The van der Waals surface area contributed by atoms with Crippen molar-refractivity contribution in [3.63, 3.8) is 0 Å². The number of fused-ring (bicyclic) bond motifs is 1. The van der Waals surface area contributed by atoms with E-state index >= 15 is 0 Å². The summed E-state index contributed by atoms with van der Waals surface area (Å²) in [6.07, 6.45) is 0.126. The van der Waals surface area contributed by atoms with Crippen molar-refractivity contribution in [2.45, 2.75) is 50.7 Å². The zero-order valence-corrected chi connectivity index (χ0v) is 18.8. The number of benzene rings is 2. The van der Waals surface area contributed by atoms with Gasteiger partial charge < -0.3 is 15.4 Å². The Kier molecular flexibility index (Phi) is 5.68. The van der Waals surface area contributed by atoms with Crippen molar-refractivity contribution in [1.82, 2.24) is 4.31 Å². The molecular weight excluding hydrogens is 437 g/mol. The first-order valence-electron chi connectivity index (χ1n) is 10.3. The highest BCUT2D eigenvalue weighted by molar-refractivity contribution is 7.89. The molecule has 0 aromatic heterocycles. The molecule has 8 nitrogen and oxygen atoms in total. The molecule has 0 radical (unpaired) electrons. The van der Waals surface area contributed by atoms with E-state index in [-0.39, 0.29) is 28.8 Å². The van der Waals surface area contributed by atoms with Crippen molar-refractivity contribution >= 4 is 33.2 Å². The summed E-state index contributed by atoms with van der Waals surface area (Å²) in [7, 11) is -4.03. The summed E-state index contributed by atoms with van der Waals surface area (Å²) in [6, 6.07) is 6.35. The molecule has 0 aliphatic carbocycles. The number of rotatable bonds is 4. The molecule has 1 saturated heterocycles. The minimum atomic E-state index is -4.03. The number of anilines is 2. The molecule has 0 saturated carbocycles. The lowest BCUT2D eigenvalue weighted by atomic mass is 10.1. The van der Waals surface area contributed by atoms with Gasteiger partial charge in [0.2, 0.25) is 15.9 Å². The van der Waals surface area contributed by atoms with Gasteiger partial charge in [0.05, 0.1) is 10.6 Å². The highest BCUT2D eigenvalue weighted by Gasteiger charge is 2.41. The van der Waals surface area contributed by atoms with Crippen molar-refractivity contribution in [1.29, 1.82) is 0 Å². The van der Waals surface area contributed by atoms with E-state index in [1.54, 1.807) is 39.0 Å². The smallest absolute Gasteiger partial charge is 0.265 e. The van der Waals surface area contributed by atoms with Crippen LogP contribution in [0.1, 0.15) is 30.9 Å². The lowest BCUT2D eigenvalue weighted by molar-refractivity contribution is -0.122. The van der Waals surface area contributed by atoms with Gasteiger partial charge in [0.15, 0.2) is 6.10 Å². The summed E-state index contributed by atoms with van der Waals surface area (Å²) in [5.74, 6) is -1.01. The number of ether oxygens (including phenoxy) is 1. The molecule has 2 atom stereocenters. The number of amides is 2. The lowest BCUT2D eigenvalue weighted by Crippen LogP contribution is -2.43. The number of aryl methyl sites for hydroxylation is 2. The summed E-state index contributed by atoms with van der Waals surface area (Å²) >= 11 is 0. The zero-order chi connectivity index (χ0) is 23.2. The SMILES string of the molecule is Cc1ccc(NC(=O)C2CCCN2S(=O)(=O)c2cc3c(cc2C)NC(=O)C(C)O3)cc1F. The van der Waals surface area contributed by atoms with Crippen LogP contribution in [-0.2, 0) is 19.6 Å². The standard InChI is InChI=1S/C22H24FN3O5S/c1-12-6-7-15(10-16(12)23)24-22(28)18-5-4-8-26(18)32(29,30)20-11-19-17(9-13(20)2)25-21(27)14(3)31-19/h6-7,9-11,14,18H,4-5,8H2,1-3H3,(H,24,28)(H,25,27). The van der Waals surface area contributed by atoms with Crippen LogP contribution in [0.3, 0.4) is 0 Å². The first-order valence-corrected chi connectivity index (χ1v) is 11.7. The van der Waals surface area contributed by atoms with Crippen LogP contribution in [0.15, 0.2) is 35.2 Å². The van der Waals surface area contributed by atoms with Gasteiger partial charge in [-0.3, -0.25) is 9.59 Å². The Labute approximate surface area is 185 Å². The van der Waals surface area contributed by atoms with Gasteiger partial charge in [-0.25, -0.2) is 12.8 Å². The molecule has 2 N–H and O–H groups in total. The van der Waals surface area contributed by atoms with Gasteiger partial charge in [0, 0.05) is 18.3 Å². The van der Waals surface area contributed by atoms with Crippen molar-refractivity contribution < 1.29 is 27.1 Å². The maximum absolute atomic E-state index is 13.8. The summed E-state index contributed by atoms with van der Waals surface area (Å²) in [6.45, 7) is 4.99. The number of nitrogens with one attached hydrogen (secondary N) is 2. The Morgan fingerprint density at radius 2 is 1.97 bits per heavy atom. The number of sulfonamides is 1. The van der Waals surface area contributed by atoms with E-state index in [4.69, 9.17) is 4.74 Å². The predicted molar refractivity (Wildman–Crippen MR) is 117 cm³/mol. The van der Waals surface area contributed by atoms with Gasteiger partial charge in [-0.1, -0.05) is 6.07 Å². The molecule has 2 unspecified atom stereocenters. The maximum Gasteiger partial charge on any atom is 0.265 e. The number of carbonyl (C=O) groups excluding carboxylic acids is 2. The van der Waals surface area contributed by atoms with Gasteiger partial charge in [-0.2, -0.15) is 4.31 Å². The number of hydrogen-bond donors (Lipinski definition) is 2. The second kappa shape index (κ2) is 8.18. The largest absolute Gasteiger partial charge is 0.479 e. The van der Waals surface area contributed by atoms with E-state index < -0.39 is 33.9 Å². The van der Waals surface area contributed by atoms with Gasteiger partial charge in [-0.05, 0) is 62.9 Å².